The van der Waals surface area contributed by atoms with E-state index in [1.165, 1.54) is 0 Å². The summed E-state index contributed by atoms with van der Waals surface area (Å²) in [5.41, 5.74) is 5.26. The number of ether oxygens (including phenoxy) is 1. The normalized spacial score (nSPS) is 12.5. The molecule has 0 aliphatic rings. The summed E-state index contributed by atoms with van der Waals surface area (Å²) in [6, 6.07) is 23.0. The monoisotopic (exact) mass is 538 g/mol. The Morgan fingerprint density at radius 1 is 0.950 bits per heavy atom. The van der Waals surface area contributed by atoms with Gasteiger partial charge < -0.3 is 18.7 Å². The number of aromatic nitrogens is 2. The molecule has 2 aromatic heterocycles. The average Bonchev–Trinajstić information content (AvgIpc) is 3.51. The number of hydrogen-bond donors (Lipinski definition) is 1. The van der Waals surface area contributed by atoms with Crippen molar-refractivity contribution in [2.45, 2.75) is 64.9 Å². The number of nitrogens with zero attached hydrogens (tertiary/aromatic N) is 2. The van der Waals surface area contributed by atoms with E-state index in [1.54, 1.807) is 0 Å². The van der Waals surface area contributed by atoms with E-state index < -0.39 is 12.1 Å². The molecule has 2 heterocycles. The first-order valence-electron chi connectivity index (χ1n) is 13.6. The molecule has 1 N–H and O–H groups in total. The van der Waals surface area contributed by atoms with Crippen LogP contribution in [0.15, 0.2) is 81.6 Å². The van der Waals surface area contributed by atoms with E-state index in [9.17, 15) is 9.90 Å². The zero-order valence-electron chi connectivity index (χ0n) is 23.3. The molecule has 0 aliphatic heterocycles. The highest BCUT2D eigenvalue weighted by Crippen LogP contribution is 2.26. The van der Waals surface area contributed by atoms with Gasteiger partial charge in [0.05, 0.1) is 5.69 Å². The maximum absolute atomic E-state index is 12.0. The average molecular weight is 539 g/mol. The molecule has 0 saturated carbocycles. The maximum Gasteiger partial charge on any atom is 0.345 e. The highest BCUT2D eigenvalue weighted by Gasteiger charge is 2.22. The molecule has 0 saturated heterocycles. The largest absolute Gasteiger partial charge is 0.478 e. The number of carboxylic acids is 1. The molecular weight excluding hydrogens is 504 g/mol. The van der Waals surface area contributed by atoms with Crippen LogP contribution in [0.1, 0.15) is 55.7 Å². The van der Waals surface area contributed by atoms with E-state index in [-0.39, 0.29) is 11.8 Å². The fourth-order valence-corrected chi connectivity index (χ4v) is 4.62. The van der Waals surface area contributed by atoms with E-state index in [4.69, 9.17) is 13.6 Å². The van der Waals surface area contributed by atoms with Crippen molar-refractivity contribution < 1.29 is 23.5 Å². The van der Waals surface area contributed by atoms with E-state index in [1.807, 2.05) is 79.7 Å². The van der Waals surface area contributed by atoms with Crippen molar-refractivity contribution in [3.05, 3.63) is 101 Å². The molecule has 7 heteroatoms. The smallest absolute Gasteiger partial charge is 0.345 e. The van der Waals surface area contributed by atoms with Crippen LogP contribution in [0.4, 0.5) is 0 Å². The lowest BCUT2D eigenvalue weighted by molar-refractivity contribution is -0.145. The number of carboxylic acid groups (broad SMARTS) is 1. The van der Waals surface area contributed by atoms with Gasteiger partial charge in [-0.1, -0.05) is 57.2 Å². The lowest BCUT2D eigenvalue weighted by atomic mass is 9.87. The summed E-state index contributed by atoms with van der Waals surface area (Å²) < 4.78 is 17.7. The number of aliphatic carboxylic acids is 1. The fraction of sp³-hybridized carbons (Fsp3) is 0.303. The van der Waals surface area contributed by atoms with E-state index in [0.29, 0.717) is 35.1 Å². The predicted molar refractivity (Wildman–Crippen MR) is 154 cm³/mol. The number of rotatable bonds is 10. The van der Waals surface area contributed by atoms with Gasteiger partial charge in [0.2, 0.25) is 5.89 Å². The summed E-state index contributed by atoms with van der Waals surface area (Å²) in [6.07, 6.45) is 1.41. The summed E-state index contributed by atoms with van der Waals surface area (Å²) in [5.74, 6) is 1.61. The first-order valence-corrected chi connectivity index (χ1v) is 13.6. The second kappa shape index (κ2) is 11.4. The van der Waals surface area contributed by atoms with Crippen molar-refractivity contribution >= 4 is 17.1 Å². The zero-order chi connectivity index (χ0) is 28.3. The molecule has 0 amide bonds. The Labute approximate surface area is 233 Å². The second-order valence-corrected chi connectivity index (χ2v) is 11.1. The molecule has 206 valence electrons. The van der Waals surface area contributed by atoms with Crippen molar-refractivity contribution in [3.8, 4) is 17.2 Å². The van der Waals surface area contributed by atoms with Crippen molar-refractivity contribution in [3.63, 3.8) is 0 Å². The topological polar surface area (TPSA) is 98.6 Å². The van der Waals surface area contributed by atoms with Crippen molar-refractivity contribution in [2.24, 2.45) is 0 Å². The van der Waals surface area contributed by atoms with Gasteiger partial charge in [0.1, 0.15) is 17.0 Å². The van der Waals surface area contributed by atoms with Gasteiger partial charge in [-0.05, 0) is 72.7 Å². The minimum absolute atomic E-state index is 0.0115. The number of oxazole rings is 2. The number of fused-ring (bicyclic) bond motifs is 1. The highest BCUT2D eigenvalue weighted by molar-refractivity contribution is 5.75. The maximum atomic E-state index is 12.0. The fourth-order valence-electron chi connectivity index (χ4n) is 4.62. The second-order valence-electron chi connectivity index (χ2n) is 11.1. The van der Waals surface area contributed by atoms with Crippen LogP contribution in [0.3, 0.4) is 0 Å². The van der Waals surface area contributed by atoms with Gasteiger partial charge in [0.25, 0.3) is 0 Å². The van der Waals surface area contributed by atoms with Crippen LogP contribution in [0.5, 0.6) is 5.75 Å². The van der Waals surface area contributed by atoms with Gasteiger partial charge in [-0.2, -0.15) is 0 Å². The highest BCUT2D eigenvalue weighted by atomic mass is 16.5. The van der Waals surface area contributed by atoms with Gasteiger partial charge >= 0.3 is 5.97 Å². The zero-order valence-corrected chi connectivity index (χ0v) is 23.3. The van der Waals surface area contributed by atoms with E-state index in [0.717, 1.165) is 41.0 Å². The van der Waals surface area contributed by atoms with Gasteiger partial charge in [0, 0.05) is 18.4 Å². The summed E-state index contributed by atoms with van der Waals surface area (Å²) in [7, 11) is 0. The Morgan fingerprint density at radius 2 is 1.70 bits per heavy atom. The lowest BCUT2D eigenvalue weighted by Gasteiger charge is -2.20. The SMILES string of the molecule is Cc1oc(-c2ccccc2)nc1CCCc1nc2cc(C[C@@H](Oc3ccc(C(C)(C)C)cc3)C(=O)O)ccc2o1. The summed E-state index contributed by atoms with van der Waals surface area (Å²) in [4.78, 5) is 21.3. The first kappa shape index (κ1) is 27.2. The number of hydrogen-bond acceptors (Lipinski definition) is 6. The molecule has 3 aromatic carbocycles. The summed E-state index contributed by atoms with van der Waals surface area (Å²) in [6.45, 7) is 8.33. The Morgan fingerprint density at radius 3 is 2.40 bits per heavy atom. The molecule has 1 atom stereocenters. The molecular formula is C33H34N2O5. The lowest BCUT2D eigenvalue weighted by Crippen LogP contribution is -2.29. The molecule has 0 fully saturated rings. The molecule has 0 aliphatic carbocycles. The Hall–Kier alpha value is -4.39. The van der Waals surface area contributed by atoms with Crippen molar-refractivity contribution in [1.29, 1.82) is 0 Å². The Kier molecular flexibility index (Phi) is 7.74. The third-order valence-corrected chi connectivity index (χ3v) is 6.91. The van der Waals surface area contributed by atoms with Crippen LogP contribution in [0.2, 0.25) is 0 Å². The van der Waals surface area contributed by atoms with Gasteiger partial charge in [-0.3, -0.25) is 0 Å². The molecule has 0 radical (unpaired) electrons. The molecule has 0 spiro atoms. The van der Waals surface area contributed by atoms with Crippen molar-refractivity contribution in [1.82, 2.24) is 9.97 Å². The van der Waals surface area contributed by atoms with Gasteiger partial charge in [-0.15, -0.1) is 0 Å². The molecule has 0 unspecified atom stereocenters. The van der Waals surface area contributed by atoms with E-state index in [2.05, 4.69) is 30.7 Å². The first-order chi connectivity index (χ1) is 19.2. The molecule has 5 aromatic rings. The van der Waals surface area contributed by atoms with Gasteiger partial charge in [0.15, 0.2) is 17.6 Å². The third-order valence-electron chi connectivity index (χ3n) is 6.91. The minimum Gasteiger partial charge on any atom is -0.478 e. The molecule has 40 heavy (non-hydrogen) atoms. The third kappa shape index (κ3) is 6.42. The summed E-state index contributed by atoms with van der Waals surface area (Å²) in [5, 5.41) is 9.80. The van der Waals surface area contributed by atoms with Gasteiger partial charge in [-0.25, -0.2) is 14.8 Å². The number of carbonyl (C=O) groups is 1. The number of benzene rings is 3. The van der Waals surface area contributed by atoms with Crippen LogP contribution >= 0.6 is 0 Å². The minimum atomic E-state index is -1.02. The predicted octanol–water partition coefficient (Wildman–Crippen LogP) is 7.34. The van der Waals surface area contributed by atoms with Crippen LogP contribution in [0, 0.1) is 6.92 Å². The van der Waals surface area contributed by atoms with Crippen LogP contribution in [-0.2, 0) is 29.5 Å². The Balaban J connectivity index is 1.21. The van der Waals surface area contributed by atoms with Crippen LogP contribution in [0.25, 0.3) is 22.6 Å². The summed E-state index contributed by atoms with van der Waals surface area (Å²) >= 11 is 0. The van der Waals surface area contributed by atoms with E-state index >= 15 is 0 Å². The number of aryl methyl sites for hydroxylation is 3. The molecule has 5 rings (SSSR count). The molecule has 0 bridgehead atoms. The Bertz CT molecular complexity index is 1590. The van der Waals surface area contributed by atoms with Crippen molar-refractivity contribution in [2.75, 3.05) is 0 Å². The standard InChI is InChI=1S/C33H34N2O5/c1-21-26(35-31(38-21)23-9-6-5-7-10-23)11-8-12-30-34-27-19-22(13-18-28(27)40-30)20-29(32(36)37)39-25-16-14-24(15-17-25)33(2,3)4/h5-7,9-10,13-19,29H,8,11-12,20H2,1-4H3,(H,36,37)/t29-/m1/s1. The van der Waals surface area contributed by atoms with Crippen LogP contribution in [-0.4, -0.2) is 27.1 Å². The quantitative estimate of drug-likeness (QED) is 0.199. The van der Waals surface area contributed by atoms with Crippen LogP contribution < -0.4 is 4.74 Å². The molecule has 7 nitrogen and oxygen atoms in total.